The first-order chi connectivity index (χ1) is 8.36. The minimum atomic E-state index is -0.206. The molecule has 0 spiro atoms. The predicted molar refractivity (Wildman–Crippen MR) is 71.9 cm³/mol. The number of hydrogen-bond acceptors (Lipinski definition) is 2. The van der Waals surface area contributed by atoms with Crippen LogP contribution < -0.4 is 11.1 Å². The Kier molecular flexibility index (Phi) is 2.42. The lowest BCUT2D eigenvalue weighted by atomic mass is 9.69. The minimum Gasteiger partial charge on any atom is -0.352 e. The molecule has 1 amide bonds. The summed E-state index contributed by atoms with van der Waals surface area (Å²) < 4.78 is 0. The molecular weight excluding hydrogens is 224 g/mol. The van der Waals surface area contributed by atoms with Gasteiger partial charge in [-0.25, -0.2) is 0 Å². The third-order valence-corrected chi connectivity index (χ3v) is 6.83. The fourth-order valence-electron chi connectivity index (χ4n) is 4.41. The van der Waals surface area contributed by atoms with Crippen molar-refractivity contribution in [2.24, 2.45) is 27.9 Å². The summed E-state index contributed by atoms with van der Waals surface area (Å²) in [5, 5.41) is 3.34. The molecule has 0 aliphatic heterocycles. The summed E-state index contributed by atoms with van der Waals surface area (Å²) in [5.41, 5.74) is 6.18. The van der Waals surface area contributed by atoms with E-state index in [2.05, 4.69) is 26.1 Å². The third-order valence-electron chi connectivity index (χ3n) is 6.83. The van der Waals surface area contributed by atoms with Crippen LogP contribution in [0.1, 0.15) is 52.9 Å². The fraction of sp³-hybridized carbons (Fsp3) is 0.933. The van der Waals surface area contributed by atoms with Crippen molar-refractivity contribution in [3.8, 4) is 0 Å². The zero-order chi connectivity index (χ0) is 13.2. The molecule has 3 saturated carbocycles. The van der Waals surface area contributed by atoms with Crippen molar-refractivity contribution >= 4 is 5.91 Å². The van der Waals surface area contributed by atoms with E-state index in [-0.39, 0.29) is 16.7 Å². The van der Waals surface area contributed by atoms with Crippen LogP contribution in [-0.2, 0) is 4.79 Å². The molecule has 102 valence electrons. The number of fused-ring (bicyclic) bond motifs is 2. The maximum atomic E-state index is 12.4. The van der Waals surface area contributed by atoms with Gasteiger partial charge in [0.05, 0.1) is 5.41 Å². The Labute approximate surface area is 110 Å². The summed E-state index contributed by atoms with van der Waals surface area (Å²) in [6.45, 7) is 7.64. The van der Waals surface area contributed by atoms with E-state index in [0.717, 1.165) is 25.2 Å². The Morgan fingerprint density at radius 3 is 2.33 bits per heavy atom. The van der Waals surface area contributed by atoms with Crippen molar-refractivity contribution in [2.75, 3.05) is 6.54 Å². The zero-order valence-electron chi connectivity index (χ0n) is 11.9. The minimum absolute atomic E-state index is 0.206. The quantitative estimate of drug-likeness (QED) is 0.805. The van der Waals surface area contributed by atoms with E-state index >= 15 is 0 Å². The van der Waals surface area contributed by atoms with Gasteiger partial charge >= 0.3 is 0 Å². The van der Waals surface area contributed by atoms with Gasteiger partial charge in [0.25, 0.3) is 0 Å². The maximum Gasteiger partial charge on any atom is 0.227 e. The van der Waals surface area contributed by atoms with Crippen LogP contribution in [0.5, 0.6) is 0 Å². The second-order valence-electron chi connectivity index (χ2n) is 7.62. The third kappa shape index (κ3) is 1.37. The van der Waals surface area contributed by atoms with Gasteiger partial charge in [0.2, 0.25) is 5.91 Å². The van der Waals surface area contributed by atoms with Crippen molar-refractivity contribution in [3.05, 3.63) is 0 Å². The highest BCUT2D eigenvalue weighted by Crippen LogP contribution is 2.65. The molecule has 0 aromatic rings. The van der Waals surface area contributed by atoms with E-state index in [1.54, 1.807) is 0 Å². The van der Waals surface area contributed by atoms with Gasteiger partial charge in [-0.3, -0.25) is 4.79 Å². The lowest BCUT2D eigenvalue weighted by Crippen LogP contribution is -2.50. The second-order valence-corrected chi connectivity index (χ2v) is 7.62. The number of nitrogens with two attached hydrogens (primary N) is 1. The SMILES string of the molecule is CC1(C)C2CCC1(C)C(NC(=O)C1(CN)CC1)C2. The average Bonchev–Trinajstić information content (AvgIpc) is 3.05. The van der Waals surface area contributed by atoms with Crippen LogP contribution in [0.4, 0.5) is 0 Å². The summed E-state index contributed by atoms with van der Waals surface area (Å²) in [5.74, 6) is 1.00. The normalized spacial score (nSPS) is 42.9. The molecule has 3 unspecified atom stereocenters. The highest BCUT2D eigenvalue weighted by Gasteiger charge is 2.62. The molecule has 3 nitrogen and oxygen atoms in total. The van der Waals surface area contributed by atoms with Gasteiger partial charge in [0.15, 0.2) is 0 Å². The summed E-state index contributed by atoms with van der Waals surface area (Å²) >= 11 is 0. The van der Waals surface area contributed by atoms with E-state index in [1.807, 2.05) is 0 Å². The van der Waals surface area contributed by atoms with Crippen LogP contribution in [0.15, 0.2) is 0 Å². The van der Waals surface area contributed by atoms with Crippen LogP contribution >= 0.6 is 0 Å². The van der Waals surface area contributed by atoms with Gasteiger partial charge in [-0.1, -0.05) is 20.8 Å². The molecule has 2 bridgehead atoms. The Balaban J connectivity index is 1.74. The molecule has 3 fully saturated rings. The number of rotatable bonds is 3. The number of amides is 1. The molecule has 3 N–H and O–H groups in total. The summed E-state index contributed by atoms with van der Waals surface area (Å²) in [6, 6.07) is 0.364. The highest BCUT2D eigenvalue weighted by molar-refractivity contribution is 5.86. The molecule has 0 heterocycles. The van der Waals surface area contributed by atoms with Gasteiger partial charge in [-0.05, 0) is 48.9 Å². The summed E-state index contributed by atoms with van der Waals surface area (Å²) in [7, 11) is 0. The van der Waals surface area contributed by atoms with E-state index < -0.39 is 0 Å². The molecule has 0 saturated heterocycles. The lowest BCUT2D eigenvalue weighted by Gasteiger charge is -2.40. The molecular formula is C15H26N2O. The largest absolute Gasteiger partial charge is 0.352 e. The summed E-state index contributed by atoms with van der Waals surface area (Å²) in [4.78, 5) is 12.4. The first kappa shape index (κ1) is 12.5. The molecule has 18 heavy (non-hydrogen) atoms. The first-order valence-corrected chi connectivity index (χ1v) is 7.37. The Morgan fingerprint density at radius 1 is 1.28 bits per heavy atom. The van der Waals surface area contributed by atoms with Gasteiger partial charge in [0.1, 0.15) is 0 Å². The molecule has 0 aromatic carbocycles. The number of hydrogen-bond donors (Lipinski definition) is 2. The van der Waals surface area contributed by atoms with Crippen LogP contribution in [0.3, 0.4) is 0 Å². The molecule has 3 heteroatoms. The number of carbonyl (C=O) groups is 1. The average molecular weight is 250 g/mol. The molecule has 3 aliphatic rings. The van der Waals surface area contributed by atoms with Crippen molar-refractivity contribution in [3.63, 3.8) is 0 Å². The Bertz CT molecular complexity index is 386. The van der Waals surface area contributed by atoms with Crippen LogP contribution in [0.2, 0.25) is 0 Å². The van der Waals surface area contributed by atoms with Crippen molar-refractivity contribution < 1.29 is 4.79 Å². The van der Waals surface area contributed by atoms with Crippen LogP contribution in [0, 0.1) is 22.2 Å². The summed E-state index contributed by atoms with van der Waals surface area (Å²) in [6.07, 6.45) is 5.70. The predicted octanol–water partition coefficient (Wildman–Crippen LogP) is 2.06. The van der Waals surface area contributed by atoms with E-state index in [9.17, 15) is 4.79 Å². The molecule has 3 rings (SSSR count). The first-order valence-electron chi connectivity index (χ1n) is 7.37. The van der Waals surface area contributed by atoms with Crippen molar-refractivity contribution in [1.29, 1.82) is 0 Å². The molecule has 0 aromatic heterocycles. The number of carbonyl (C=O) groups excluding carboxylic acids is 1. The lowest BCUT2D eigenvalue weighted by molar-refractivity contribution is -0.127. The Morgan fingerprint density at radius 2 is 1.94 bits per heavy atom. The highest BCUT2D eigenvalue weighted by atomic mass is 16.2. The maximum absolute atomic E-state index is 12.4. The molecule has 3 aliphatic carbocycles. The zero-order valence-corrected chi connectivity index (χ0v) is 11.9. The van der Waals surface area contributed by atoms with Gasteiger partial charge < -0.3 is 11.1 Å². The Hall–Kier alpha value is -0.570. The monoisotopic (exact) mass is 250 g/mol. The van der Waals surface area contributed by atoms with Crippen molar-refractivity contribution in [2.45, 2.75) is 58.9 Å². The molecule has 3 atom stereocenters. The van der Waals surface area contributed by atoms with Gasteiger partial charge in [0, 0.05) is 12.6 Å². The topological polar surface area (TPSA) is 55.1 Å². The number of nitrogens with one attached hydrogen (secondary N) is 1. The van der Waals surface area contributed by atoms with E-state index in [0.29, 0.717) is 18.0 Å². The van der Waals surface area contributed by atoms with Crippen molar-refractivity contribution in [1.82, 2.24) is 5.32 Å². The van der Waals surface area contributed by atoms with Gasteiger partial charge in [-0.2, -0.15) is 0 Å². The fourth-order valence-corrected chi connectivity index (χ4v) is 4.41. The van der Waals surface area contributed by atoms with Crippen LogP contribution in [-0.4, -0.2) is 18.5 Å². The molecule has 0 radical (unpaired) electrons. The van der Waals surface area contributed by atoms with Crippen LogP contribution in [0.25, 0.3) is 0 Å². The second kappa shape index (κ2) is 3.50. The van der Waals surface area contributed by atoms with E-state index in [4.69, 9.17) is 5.73 Å². The standard InChI is InChI=1S/C15H26N2O/c1-13(2)10-4-5-14(13,3)11(8-10)17-12(18)15(9-16)6-7-15/h10-11H,4-9,16H2,1-3H3,(H,17,18). The van der Waals surface area contributed by atoms with E-state index in [1.165, 1.54) is 12.8 Å². The smallest absolute Gasteiger partial charge is 0.227 e. The van der Waals surface area contributed by atoms with Gasteiger partial charge in [-0.15, -0.1) is 0 Å².